The van der Waals surface area contributed by atoms with E-state index < -0.39 is 0 Å². The molecule has 2 aromatic carbocycles. The first-order chi connectivity index (χ1) is 10.6. The Labute approximate surface area is 126 Å². The summed E-state index contributed by atoms with van der Waals surface area (Å²) in [4.78, 5) is 6.43. The Hall–Kier alpha value is -2.49. The van der Waals surface area contributed by atoms with Crippen LogP contribution in [-0.4, -0.2) is 30.6 Å². The summed E-state index contributed by atoms with van der Waals surface area (Å²) in [7, 11) is 0. The number of amidine groups is 1. The van der Waals surface area contributed by atoms with E-state index in [1.165, 1.54) is 11.6 Å². The minimum absolute atomic E-state index is 0.157. The summed E-state index contributed by atoms with van der Waals surface area (Å²) in [6.45, 7) is 4.23. The maximum atomic E-state index is 9.78. The third-order valence-corrected chi connectivity index (χ3v) is 3.46. The fraction of sp³-hybridized carbons (Fsp3) is 0.235. The predicted octanol–water partition coefficient (Wildman–Crippen LogP) is 2.84. The lowest BCUT2D eigenvalue weighted by atomic mass is 10.2. The average molecular weight is 282 g/mol. The summed E-state index contributed by atoms with van der Waals surface area (Å²) < 4.78 is 8.15. The highest BCUT2D eigenvalue weighted by atomic mass is 16.3. The zero-order valence-electron chi connectivity index (χ0n) is 13.0. The van der Waals surface area contributed by atoms with Crippen molar-refractivity contribution in [3.63, 3.8) is 0 Å². The molecule has 0 atom stereocenters. The average Bonchev–Trinajstić information content (AvgIpc) is 3.02. The number of hydrogen-bond donors (Lipinski definition) is 2. The van der Waals surface area contributed by atoms with Gasteiger partial charge in [0, 0.05) is 24.0 Å². The first-order valence-corrected chi connectivity index (χ1v) is 7.04. The van der Waals surface area contributed by atoms with E-state index in [4.69, 9.17) is 1.37 Å². The standard InChI is InChI=1S/C17H19N3O/c1-13-5-7-14(8-6-13)20(12-17-18-9-10-19-17)15-3-2-4-16(21)11-15/h2-8,11,21H,9-10,12H2,1H3,(H,18,19)/i3D. The minimum atomic E-state index is 0.157. The molecular weight excluding hydrogens is 262 g/mol. The largest absolute Gasteiger partial charge is 0.508 e. The van der Waals surface area contributed by atoms with E-state index in [0.717, 1.165) is 24.6 Å². The third kappa shape index (κ3) is 3.16. The van der Waals surface area contributed by atoms with Gasteiger partial charge in [0.25, 0.3) is 0 Å². The van der Waals surface area contributed by atoms with Crippen molar-refractivity contribution in [2.45, 2.75) is 6.92 Å². The van der Waals surface area contributed by atoms with Gasteiger partial charge in [-0.2, -0.15) is 0 Å². The number of phenols is 1. The van der Waals surface area contributed by atoms with Crippen molar-refractivity contribution in [2.24, 2.45) is 4.99 Å². The van der Waals surface area contributed by atoms with Gasteiger partial charge in [0.15, 0.2) is 0 Å². The van der Waals surface area contributed by atoms with Gasteiger partial charge in [-0.1, -0.05) is 23.8 Å². The predicted molar refractivity (Wildman–Crippen MR) is 86.6 cm³/mol. The normalized spacial score (nSPS) is 14.3. The summed E-state index contributed by atoms with van der Waals surface area (Å²) in [5, 5.41) is 13.0. The van der Waals surface area contributed by atoms with Crippen LogP contribution >= 0.6 is 0 Å². The number of aromatic hydroxyl groups is 1. The van der Waals surface area contributed by atoms with Gasteiger partial charge in [0.2, 0.25) is 0 Å². The van der Waals surface area contributed by atoms with E-state index in [0.29, 0.717) is 18.3 Å². The molecule has 1 aliphatic rings. The zero-order valence-corrected chi connectivity index (χ0v) is 12.0. The third-order valence-electron chi connectivity index (χ3n) is 3.46. The highest BCUT2D eigenvalue weighted by molar-refractivity contribution is 5.90. The van der Waals surface area contributed by atoms with E-state index in [1.807, 2.05) is 36.1 Å². The number of phenolic OH excluding ortho intramolecular Hbond substituents is 1. The quantitative estimate of drug-likeness (QED) is 0.906. The van der Waals surface area contributed by atoms with Crippen molar-refractivity contribution >= 4 is 17.2 Å². The molecule has 2 N–H and O–H groups in total. The molecule has 1 aliphatic heterocycles. The molecule has 1 heterocycles. The van der Waals surface area contributed by atoms with Gasteiger partial charge in [-0.15, -0.1) is 0 Å². The monoisotopic (exact) mass is 282 g/mol. The van der Waals surface area contributed by atoms with E-state index in [1.54, 1.807) is 12.1 Å². The number of anilines is 2. The molecule has 0 aliphatic carbocycles. The Morgan fingerprint density at radius 3 is 2.81 bits per heavy atom. The molecular formula is C17H19N3O. The number of nitrogens with zero attached hydrogens (tertiary/aromatic N) is 2. The number of aryl methyl sites for hydroxylation is 1. The molecule has 2 aromatic rings. The van der Waals surface area contributed by atoms with Crippen LogP contribution in [0.15, 0.2) is 53.5 Å². The molecule has 0 aromatic heterocycles. The molecule has 0 fully saturated rings. The molecule has 0 unspecified atom stereocenters. The number of aliphatic imine (C=N–C) groups is 1. The number of benzene rings is 2. The summed E-state index contributed by atoms with van der Waals surface area (Å²) in [6, 6.07) is 13.3. The second-order valence-electron chi connectivity index (χ2n) is 5.11. The molecule has 0 saturated heterocycles. The van der Waals surface area contributed by atoms with Gasteiger partial charge < -0.3 is 15.3 Å². The van der Waals surface area contributed by atoms with Gasteiger partial charge in [-0.3, -0.25) is 4.99 Å². The van der Waals surface area contributed by atoms with Crippen LogP contribution in [0.3, 0.4) is 0 Å². The van der Waals surface area contributed by atoms with Crippen LogP contribution in [0.1, 0.15) is 6.93 Å². The van der Waals surface area contributed by atoms with Crippen molar-refractivity contribution in [1.29, 1.82) is 0 Å². The zero-order chi connectivity index (χ0) is 15.5. The van der Waals surface area contributed by atoms with Crippen molar-refractivity contribution < 1.29 is 6.48 Å². The first kappa shape index (κ1) is 12.3. The summed E-state index contributed by atoms with van der Waals surface area (Å²) in [6.07, 6.45) is 0. The lowest BCUT2D eigenvalue weighted by Gasteiger charge is -2.25. The Balaban J connectivity index is 2.01. The fourth-order valence-electron chi connectivity index (χ4n) is 2.34. The van der Waals surface area contributed by atoms with Crippen LogP contribution in [0.25, 0.3) is 0 Å². The molecule has 4 heteroatoms. The highest BCUT2D eigenvalue weighted by Gasteiger charge is 2.14. The maximum absolute atomic E-state index is 9.78. The highest BCUT2D eigenvalue weighted by Crippen LogP contribution is 2.28. The fourth-order valence-corrected chi connectivity index (χ4v) is 2.34. The molecule has 0 saturated carbocycles. The van der Waals surface area contributed by atoms with Crippen LogP contribution < -0.4 is 10.2 Å². The number of nitrogens with one attached hydrogen (secondary N) is 1. The maximum Gasteiger partial charge on any atom is 0.117 e. The van der Waals surface area contributed by atoms with E-state index >= 15 is 0 Å². The Morgan fingerprint density at radius 1 is 1.29 bits per heavy atom. The van der Waals surface area contributed by atoms with E-state index in [9.17, 15) is 5.11 Å². The Morgan fingerprint density at radius 2 is 2.10 bits per heavy atom. The molecule has 21 heavy (non-hydrogen) atoms. The summed E-state index contributed by atoms with van der Waals surface area (Å²) >= 11 is 0. The summed E-state index contributed by atoms with van der Waals surface area (Å²) in [5.74, 6) is 1.06. The molecule has 4 nitrogen and oxygen atoms in total. The van der Waals surface area contributed by atoms with Crippen molar-refractivity contribution in [3.05, 3.63) is 54.1 Å². The molecule has 0 bridgehead atoms. The second-order valence-corrected chi connectivity index (χ2v) is 5.11. The molecule has 108 valence electrons. The smallest absolute Gasteiger partial charge is 0.117 e. The number of hydrogen-bond acceptors (Lipinski definition) is 4. The lowest BCUT2D eigenvalue weighted by Crippen LogP contribution is -2.32. The van der Waals surface area contributed by atoms with Crippen LogP contribution in [0.5, 0.6) is 5.75 Å². The van der Waals surface area contributed by atoms with Crippen molar-refractivity contribution in [2.75, 3.05) is 24.5 Å². The van der Waals surface area contributed by atoms with E-state index in [2.05, 4.69) is 10.3 Å². The lowest BCUT2D eigenvalue weighted by molar-refractivity contribution is 0.475. The first-order valence-electron chi connectivity index (χ1n) is 7.54. The molecule has 0 spiro atoms. The topological polar surface area (TPSA) is 47.9 Å². The van der Waals surface area contributed by atoms with Crippen molar-refractivity contribution in [1.82, 2.24) is 5.32 Å². The molecule has 3 rings (SSSR count). The van der Waals surface area contributed by atoms with Crippen molar-refractivity contribution in [3.8, 4) is 5.75 Å². The molecule has 0 amide bonds. The Bertz CT molecular complexity index is 698. The van der Waals surface area contributed by atoms with Crippen LogP contribution in [0, 0.1) is 6.92 Å². The van der Waals surface area contributed by atoms with Gasteiger partial charge >= 0.3 is 0 Å². The minimum Gasteiger partial charge on any atom is -0.508 e. The summed E-state index contributed by atoms with van der Waals surface area (Å²) in [5.41, 5.74) is 2.82. The van der Waals surface area contributed by atoms with Crippen LogP contribution in [0.4, 0.5) is 11.4 Å². The SMILES string of the molecule is [2H]c1ccc(O)cc1N(CC1=NCCN1)c1ccc(C)cc1. The van der Waals surface area contributed by atoms with Crippen LogP contribution in [0.2, 0.25) is 0 Å². The van der Waals surface area contributed by atoms with Crippen LogP contribution in [-0.2, 0) is 0 Å². The van der Waals surface area contributed by atoms with Gasteiger partial charge in [0.05, 0.1) is 14.5 Å². The number of rotatable bonds is 4. The Kier molecular flexibility index (Phi) is 3.43. The van der Waals surface area contributed by atoms with Gasteiger partial charge in [-0.25, -0.2) is 0 Å². The van der Waals surface area contributed by atoms with Gasteiger partial charge in [0.1, 0.15) is 11.6 Å². The van der Waals surface area contributed by atoms with Gasteiger partial charge in [-0.05, 0) is 31.2 Å². The second kappa shape index (κ2) is 5.87. The molecule has 0 radical (unpaired) electrons. The van der Waals surface area contributed by atoms with E-state index in [-0.39, 0.29) is 5.75 Å².